The first kappa shape index (κ1) is 9.34. The van der Waals surface area contributed by atoms with Crippen LogP contribution in [-0.2, 0) is 0 Å². The zero-order valence-corrected chi connectivity index (χ0v) is 8.42. The molecule has 1 atom stereocenters. The van der Waals surface area contributed by atoms with Gasteiger partial charge in [0.2, 0.25) is 0 Å². The second-order valence-electron chi connectivity index (χ2n) is 3.65. The van der Waals surface area contributed by atoms with Crippen molar-refractivity contribution in [3.05, 3.63) is 23.8 Å². The van der Waals surface area contributed by atoms with Crippen LogP contribution in [-0.4, -0.2) is 20.2 Å². The van der Waals surface area contributed by atoms with Gasteiger partial charge in [0.1, 0.15) is 5.75 Å². The van der Waals surface area contributed by atoms with Gasteiger partial charge in [0, 0.05) is 23.7 Å². The van der Waals surface area contributed by atoms with Gasteiger partial charge in [-0.3, -0.25) is 0 Å². The largest absolute Gasteiger partial charge is 0.493 e. The zero-order valence-electron chi connectivity index (χ0n) is 8.42. The second kappa shape index (κ2) is 3.88. The molecule has 3 nitrogen and oxygen atoms in total. The van der Waals surface area contributed by atoms with Crippen LogP contribution in [0.15, 0.2) is 18.2 Å². The monoisotopic (exact) mass is 192 g/mol. The highest BCUT2D eigenvalue weighted by Gasteiger charge is 2.22. The van der Waals surface area contributed by atoms with Crippen molar-refractivity contribution in [2.75, 3.05) is 25.9 Å². The Morgan fingerprint density at radius 1 is 1.57 bits per heavy atom. The summed E-state index contributed by atoms with van der Waals surface area (Å²) in [5.41, 5.74) is 7.98. The molecule has 2 rings (SSSR count). The molecule has 0 aromatic heterocycles. The molecular weight excluding hydrogens is 176 g/mol. The highest BCUT2D eigenvalue weighted by atomic mass is 16.5. The first-order valence-corrected chi connectivity index (χ1v) is 4.98. The molecule has 0 saturated heterocycles. The number of hydrogen-bond acceptors (Lipinski definition) is 3. The Balaban J connectivity index is 2.36. The third-order valence-corrected chi connectivity index (χ3v) is 2.68. The van der Waals surface area contributed by atoms with Gasteiger partial charge in [0.25, 0.3) is 0 Å². The van der Waals surface area contributed by atoms with Gasteiger partial charge in [0.15, 0.2) is 0 Å². The smallest absolute Gasteiger partial charge is 0.124 e. The second-order valence-corrected chi connectivity index (χ2v) is 3.65. The summed E-state index contributed by atoms with van der Waals surface area (Å²) in [6.45, 7) is 1.76. The Bertz CT molecular complexity index is 325. The van der Waals surface area contributed by atoms with E-state index >= 15 is 0 Å². The number of fused-ring (bicyclic) bond motifs is 1. The fourth-order valence-corrected chi connectivity index (χ4v) is 2.03. The molecule has 0 bridgehead atoms. The molecule has 1 unspecified atom stereocenters. The van der Waals surface area contributed by atoms with Crippen molar-refractivity contribution in [2.45, 2.75) is 12.3 Å². The van der Waals surface area contributed by atoms with Gasteiger partial charge in [-0.2, -0.15) is 0 Å². The Labute approximate surface area is 84.3 Å². The number of likely N-dealkylation sites (N-methyl/N-ethyl adjacent to an activating group) is 1. The van der Waals surface area contributed by atoms with Crippen molar-refractivity contribution in [2.24, 2.45) is 0 Å². The van der Waals surface area contributed by atoms with Crippen molar-refractivity contribution in [3.63, 3.8) is 0 Å². The fourth-order valence-electron chi connectivity index (χ4n) is 2.03. The third kappa shape index (κ3) is 1.55. The van der Waals surface area contributed by atoms with Crippen molar-refractivity contribution in [3.8, 4) is 5.75 Å². The van der Waals surface area contributed by atoms with E-state index in [2.05, 4.69) is 5.32 Å². The van der Waals surface area contributed by atoms with Gasteiger partial charge >= 0.3 is 0 Å². The predicted octanol–water partition coefficient (Wildman–Crippen LogP) is 1.35. The number of benzene rings is 1. The van der Waals surface area contributed by atoms with Crippen LogP contribution < -0.4 is 15.8 Å². The topological polar surface area (TPSA) is 47.3 Å². The van der Waals surface area contributed by atoms with E-state index in [1.54, 1.807) is 0 Å². The molecular formula is C11H16N2O. The lowest BCUT2D eigenvalue weighted by molar-refractivity contribution is 0.266. The fraction of sp³-hybridized carbons (Fsp3) is 0.455. The predicted molar refractivity (Wildman–Crippen MR) is 57.6 cm³/mol. The summed E-state index contributed by atoms with van der Waals surface area (Å²) in [5.74, 6) is 1.45. The summed E-state index contributed by atoms with van der Waals surface area (Å²) in [7, 11) is 1.97. The lowest BCUT2D eigenvalue weighted by Gasteiger charge is -2.26. The van der Waals surface area contributed by atoms with Crippen LogP contribution in [0.4, 0.5) is 5.69 Å². The number of nitrogens with one attached hydrogen (secondary N) is 1. The summed E-state index contributed by atoms with van der Waals surface area (Å²) in [5, 5.41) is 3.19. The number of anilines is 1. The number of rotatable bonds is 2. The minimum Gasteiger partial charge on any atom is -0.493 e. The highest BCUT2D eigenvalue weighted by molar-refractivity contribution is 5.57. The third-order valence-electron chi connectivity index (χ3n) is 2.68. The molecule has 0 aliphatic carbocycles. The Kier molecular flexibility index (Phi) is 2.59. The highest BCUT2D eigenvalue weighted by Crippen LogP contribution is 2.36. The maximum absolute atomic E-state index is 5.95. The van der Waals surface area contributed by atoms with Crippen LogP contribution in [0.1, 0.15) is 17.9 Å². The van der Waals surface area contributed by atoms with Crippen LogP contribution in [0.3, 0.4) is 0 Å². The molecule has 1 aromatic carbocycles. The van der Waals surface area contributed by atoms with E-state index in [0.717, 1.165) is 31.0 Å². The maximum Gasteiger partial charge on any atom is 0.124 e. The molecule has 1 heterocycles. The van der Waals surface area contributed by atoms with Crippen molar-refractivity contribution in [1.29, 1.82) is 0 Å². The number of ether oxygens (including phenoxy) is 1. The first-order chi connectivity index (χ1) is 6.83. The lowest BCUT2D eigenvalue weighted by Crippen LogP contribution is -2.24. The normalized spacial score (nSPS) is 19.9. The molecule has 0 radical (unpaired) electrons. The summed E-state index contributed by atoms with van der Waals surface area (Å²) in [4.78, 5) is 0. The van der Waals surface area contributed by atoms with Crippen LogP contribution >= 0.6 is 0 Å². The Hall–Kier alpha value is -1.22. The SMILES string of the molecule is CNCC1CCOc2cccc(N)c21. The van der Waals surface area contributed by atoms with Crippen molar-refractivity contribution < 1.29 is 4.74 Å². The molecule has 0 fully saturated rings. The molecule has 1 aromatic rings. The molecule has 0 amide bonds. The molecule has 14 heavy (non-hydrogen) atoms. The summed E-state index contributed by atoms with van der Waals surface area (Å²) >= 11 is 0. The first-order valence-electron chi connectivity index (χ1n) is 4.98. The van der Waals surface area contributed by atoms with E-state index in [-0.39, 0.29) is 0 Å². The number of nitrogens with two attached hydrogens (primary N) is 1. The van der Waals surface area contributed by atoms with Crippen molar-refractivity contribution >= 4 is 5.69 Å². The molecule has 3 N–H and O–H groups in total. The molecule has 76 valence electrons. The van der Waals surface area contributed by atoms with Gasteiger partial charge in [-0.25, -0.2) is 0 Å². The number of nitrogen functional groups attached to an aromatic ring is 1. The van der Waals surface area contributed by atoms with Gasteiger partial charge in [0.05, 0.1) is 6.61 Å². The summed E-state index contributed by atoms with van der Waals surface area (Å²) in [6, 6.07) is 5.87. The lowest BCUT2D eigenvalue weighted by atomic mass is 9.92. The van der Waals surface area contributed by atoms with Gasteiger partial charge in [-0.15, -0.1) is 0 Å². The van der Waals surface area contributed by atoms with E-state index in [0.29, 0.717) is 5.92 Å². The maximum atomic E-state index is 5.95. The molecule has 3 heteroatoms. The average Bonchev–Trinajstić information content (AvgIpc) is 2.19. The van der Waals surface area contributed by atoms with E-state index in [1.165, 1.54) is 5.56 Å². The Morgan fingerprint density at radius 2 is 2.43 bits per heavy atom. The summed E-state index contributed by atoms with van der Waals surface area (Å²) in [6.07, 6.45) is 1.04. The van der Waals surface area contributed by atoms with E-state index < -0.39 is 0 Å². The van der Waals surface area contributed by atoms with Crippen LogP contribution in [0, 0.1) is 0 Å². The average molecular weight is 192 g/mol. The zero-order chi connectivity index (χ0) is 9.97. The van der Waals surface area contributed by atoms with Crippen molar-refractivity contribution in [1.82, 2.24) is 5.32 Å². The van der Waals surface area contributed by atoms with Gasteiger partial charge in [-0.1, -0.05) is 6.07 Å². The molecule has 0 spiro atoms. The van der Waals surface area contributed by atoms with Gasteiger partial charge in [-0.05, 0) is 25.6 Å². The molecule has 1 aliphatic rings. The van der Waals surface area contributed by atoms with Crippen LogP contribution in [0.2, 0.25) is 0 Å². The summed E-state index contributed by atoms with van der Waals surface area (Å²) < 4.78 is 5.57. The number of hydrogen-bond donors (Lipinski definition) is 2. The van der Waals surface area contributed by atoms with E-state index in [1.807, 2.05) is 25.2 Å². The van der Waals surface area contributed by atoms with Gasteiger partial charge < -0.3 is 15.8 Å². The minimum absolute atomic E-state index is 0.491. The standard InChI is InChI=1S/C11H16N2O/c1-13-7-8-5-6-14-10-4-2-3-9(12)11(8)10/h2-4,8,13H,5-7,12H2,1H3. The quantitative estimate of drug-likeness (QED) is 0.695. The van der Waals surface area contributed by atoms with E-state index in [9.17, 15) is 0 Å². The minimum atomic E-state index is 0.491. The van der Waals surface area contributed by atoms with Crippen LogP contribution in [0.5, 0.6) is 5.75 Å². The Morgan fingerprint density at radius 3 is 3.21 bits per heavy atom. The van der Waals surface area contributed by atoms with Crippen LogP contribution in [0.25, 0.3) is 0 Å². The molecule has 1 aliphatic heterocycles. The van der Waals surface area contributed by atoms with E-state index in [4.69, 9.17) is 10.5 Å². The molecule has 0 saturated carbocycles.